The molecule has 0 bridgehead atoms. The molecular formula is C12H16Cl3NO. The second kappa shape index (κ2) is 6.14. The van der Waals surface area contributed by atoms with Crippen LogP contribution in [0.15, 0.2) is 12.1 Å². The van der Waals surface area contributed by atoms with Gasteiger partial charge in [0.25, 0.3) is 0 Å². The summed E-state index contributed by atoms with van der Waals surface area (Å²) in [5, 5.41) is 10.0. The molecule has 1 saturated carbocycles. The molecule has 1 atom stereocenters. The van der Waals surface area contributed by atoms with E-state index in [9.17, 15) is 5.11 Å². The van der Waals surface area contributed by atoms with Crippen molar-refractivity contribution in [2.45, 2.75) is 31.7 Å². The number of phenolic OH excluding ortho intramolecular Hbond substituents is 1. The van der Waals surface area contributed by atoms with Crippen molar-refractivity contribution in [1.29, 1.82) is 0 Å². The molecule has 5 heteroatoms. The Morgan fingerprint density at radius 3 is 2.12 bits per heavy atom. The Hall–Kier alpha value is -0.150. The lowest BCUT2D eigenvalue weighted by molar-refractivity contribution is 0.443. The zero-order chi connectivity index (χ0) is 11.7. The molecule has 0 amide bonds. The minimum Gasteiger partial charge on any atom is -0.505 e. The lowest BCUT2D eigenvalue weighted by Gasteiger charge is -2.20. The molecule has 1 aliphatic rings. The molecule has 0 spiro atoms. The number of halogens is 3. The topological polar surface area (TPSA) is 46.2 Å². The van der Waals surface area contributed by atoms with Gasteiger partial charge in [-0.2, -0.15) is 0 Å². The number of hydrogen-bond acceptors (Lipinski definition) is 2. The van der Waals surface area contributed by atoms with Gasteiger partial charge in [-0.3, -0.25) is 0 Å². The van der Waals surface area contributed by atoms with Crippen LogP contribution in [0.5, 0.6) is 5.75 Å². The summed E-state index contributed by atoms with van der Waals surface area (Å²) in [6, 6.07) is 3.40. The van der Waals surface area contributed by atoms with Crippen LogP contribution < -0.4 is 5.73 Å². The molecule has 17 heavy (non-hydrogen) atoms. The van der Waals surface area contributed by atoms with Gasteiger partial charge in [-0.1, -0.05) is 36.0 Å². The molecule has 1 aromatic rings. The van der Waals surface area contributed by atoms with Crippen LogP contribution >= 0.6 is 35.6 Å². The van der Waals surface area contributed by atoms with Crippen LogP contribution in [0.4, 0.5) is 0 Å². The lowest BCUT2D eigenvalue weighted by Crippen LogP contribution is -2.19. The molecule has 1 fully saturated rings. The highest BCUT2D eigenvalue weighted by molar-refractivity contribution is 6.37. The first-order valence-electron chi connectivity index (χ1n) is 5.53. The fourth-order valence-corrected chi connectivity index (χ4v) is 2.87. The Kier molecular flexibility index (Phi) is 5.39. The predicted octanol–water partition coefficient (Wildman–Crippen LogP) is 4.31. The second-order valence-electron chi connectivity index (χ2n) is 4.40. The molecular weight excluding hydrogens is 280 g/mol. The maximum Gasteiger partial charge on any atom is 0.152 e. The van der Waals surface area contributed by atoms with E-state index in [2.05, 4.69) is 0 Å². The minimum absolute atomic E-state index is 0. The van der Waals surface area contributed by atoms with Gasteiger partial charge in [0, 0.05) is 6.04 Å². The van der Waals surface area contributed by atoms with E-state index in [0.29, 0.717) is 5.92 Å². The summed E-state index contributed by atoms with van der Waals surface area (Å²) in [5.74, 6) is 0.447. The molecule has 2 rings (SSSR count). The zero-order valence-corrected chi connectivity index (χ0v) is 11.7. The van der Waals surface area contributed by atoms with Crippen LogP contribution in [0, 0.1) is 5.92 Å². The highest BCUT2D eigenvalue weighted by Crippen LogP contribution is 2.39. The van der Waals surface area contributed by atoms with E-state index in [4.69, 9.17) is 28.9 Å². The summed E-state index contributed by atoms with van der Waals surface area (Å²) in [5.41, 5.74) is 7.11. The lowest BCUT2D eigenvalue weighted by atomic mass is 9.92. The van der Waals surface area contributed by atoms with Crippen molar-refractivity contribution >= 4 is 35.6 Å². The molecule has 1 aliphatic carbocycles. The molecule has 0 aliphatic heterocycles. The third-order valence-electron chi connectivity index (χ3n) is 3.33. The van der Waals surface area contributed by atoms with E-state index in [1.54, 1.807) is 12.1 Å². The van der Waals surface area contributed by atoms with Crippen molar-refractivity contribution in [3.05, 3.63) is 27.7 Å². The van der Waals surface area contributed by atoms with Crippen LogP contribution in [0.1, 0.15) is 37.3 Å². The highest BCUT2D eigenvalue weighted by Gasteiger charge is 2.24. The zero-order valence-electron chi connectivity index (χ0n) is 9.33. The van der Waals surface area contributed by atoms with Crippen molar-refractivity contribution < 1.29 is 5.11 Å². The van der Waals surface area contributed by atoms with E-state index in [0.717, 1.165) is 18.4 Å². The summed E-state index contributed by atoms with van der Waals surface area (Å²) in [7, 11) is 0. The fraction of sp³-hybridized carbons (Fsp3) is 0.500. The van der Waals surface area contributed by atoms with E-state index < -0.39 is 0 Å². The van der Waals surface area contributed by atoms with Gasteiger partial charge in [-0.25, -0.2) is 0 Å². The van der Waals surface area contributed by atoms with Gasteiger partial charge >= 0.3 is 0 Å². The maximum atomic E-state index is 9.47. The Bertz CT molecular complexity index is 368. The molecule has 0 aromatic heterocycles. The molecule has 1 aromatic carbocycles. The fourth-order valence-electron chi connectivity index (χ4n) is 2.37. The van der Waals surface area contributed by atoms with Gasteiger partial charge in [0.15, 0.2) is 5.75 Å². The first-order valence-corrected chi connectivity index (χ1v) is 6.28. The molecule has 0 radical (unpaired) electrons. The Labute approximate surface area is 118 Å². The van der Waals surface area contributed by atoms with Gasteiger partial charge in [0.1, 0.15) is 0 Å². The van der Waals surface area contributed by atoms with Crippen molar-refractivity contribution in [3.8, 4) is 5.75 Å². The summed E-state index contributed by atoms with van der Waals surface area (Å²) in [6.07, 6.45) is 4.82. The van der Waals surface area contributed by atoms with Gasteiger partial charge in [0.05, 0.1) is 10.0 Å². The third-order valence-corrected chi connectivity index (χ3v) is 3.91. The van der Waals surface area contributed by atoms with Crippen LogP contribution in [-0.4, -0.2) is 5.11 Å². The van der Waals surface area contributed by atoms with E-state index >= 15 is 0 Å². The number of rotatable bonds is 2. The van der Waals surface area contributed by atoms with Gasteiger partial charge in [-0.05, 0) is 36.5 Å². The second-order valence-corrected chi connectivity index (χ2v) is 5.22. The average molecular weight is 297 g/mol. The summed E-state index contributed by atoms with van der Waals surface area (Å²) >= 11 is 11.8. The number of nitrogens with two attached hydrogens (primary N) is 1. The molecule has 96 valence electrons. The number of aromatic hydroxyl groups is 1. The summed E-state index contributed by atoms with van der Waals surface area (Å²) in [6.45, 7) is 0. The van der Waals surface area contributed by atoms with Crippen LogP contribution in [0.2, 0.25) is 10.0 Å². The SMILES string of the molecule is Cl.N[C@H](c1cc(Cl)c(O)c(Cl)c1)C1CCCC1. The molecule has 2 nitrogen and oxygen atoms in total. The quantitative estimate of drug-likeness (QED) is 0.854. The summed E-state index contributed by atoms with van der Waals surface area (Å²) in [4.78, 5) is 0. The van der Waals surface area contributed by atoms with Gasteiger partial charge < -0.3 is 10.8 Å². The average Bonchev–Trinajstić information content (AvgIpc) is 2.77. The summed E-state index contributed by atoms with van der Waals surface area (Å²) < 4.78 is 0. The number of phenols is 1. The number of benzene rings is 1. The molecule has 3 N–H and O–H groups in total. The maximum absolute atomic E-state index is 9.47. The van der Waals surface area contributed by atoms with E-state index in [-0.39, 0.29) is 34.2 Å². The van der Waals surface area contributed by atoms with Crippen molar-refractivity contribution in [1.82, 2.24) is 0 Å². The minimum atomic E-state index is -0.0642. The van der Waals surface area contributed by atoms with E-state index in [1.807, 2.05) is 0 Å². The Morgan fingerprint density at radius 1 is 1.18 bits per heavy atom. The standard InChI is InChI=1S/C12H15Cl2NO.ClH/c13-9-5-8(6-10(14)12(9)16)11(15)7-3-1-2-4-7;/h5-7,11,16H,1-4,15H2;1H/t11-;/m0./s1. The monoisotopic (exact) mass is 295 g/mol. The smallest absolute Gasteiger partial charge is 0.152 e. The third kappa shape index (κ3) is 3.19. The molecule has 0 saturated heterocycles. The molecule has 0 heterocycles. The van der Waals surface area contributed by atoms with Crippen LogP contribution in [-0.2, 0) is 0 Å². The first-order chi connectivity index (χ1) is 7.59. The molecule has 0 unspecified atom stereocenters. The highest BCUT2D eigenvalue weighted by atomic mass is 35.5. The van der Waals surface area contributed by atoms with E-state index in [1.165, 1.54) is 12.8 Å². The Morgan fingerprint density at radius 2 is 1.65 bits per heavy atom. The first kappa shape index (κ1) is 14.9. The Balaban J connectivity index is 0.00000144. The van der Waals surface area contributed by atoms with Crippen LogP contribution in [0.3, 0.4) is 0 Å². The van der Waals surface area contributed by atoms with Gasteiger partial charge in [0.2, 0.25) is 0 Å². The largest absolute Gasteiger partial charge is 0.505 e. The van der Waals surface area contributed by atoms with Gasteiger partial charge in [-0.15, -0.1) is 12.4 Å². The predicted molar refractivity (Wildman–Crippen MR) is 74.3 cm³/mol. The number of hydrogen-bond donors (Lipinski definition) is 2. The normalized spacial score (nSPS) is 17.8. The van der Waals surface area contributed by atoms with Crippen molar-refractivity contribution in [2.75, 3.05) is 0 Å². The van der Waals surface area contributed by atoms with Crippen molar-refractivity contribution in [3.63, 3.8) is 0 Å². The van der Waals surface area contributed by atoms with Crippen molar-refractivity contribution in [2.24, 2.45) is 11.7 Å². The van der Waals surface area contributed by atoms with Crippen LogP contribution in [0.25, 0.3) is 0 Å².